The van der Waals surface area contributed by atoms with Crippen molar-refractivity contribution in [3.63, 3.8) is 0 Å². The maximum atomic E-state index is 13.6. The van der Waals surface area contributed by atoms with Gasteiger partial charge in [0.25, 0.3) is 5.91 Å². The first-order valence-electron chi connectivity index (χ1n) is 9.43. The van der Waals surface area contributed by atoms with Crippen molar-refractivity contribution in [2.75, 3.05) is 5.32 Å². The van der Waals surface area contributed by atoms with E-state index < -0.39 is 17.6 Å². The second kappa shape index (κ2) is 8.15. The first-order valence-corrected chi connectivity index (χ1v) is 10.3. The number of thiazole rings is 1. The summed E-state index contributed by atoms with van der Waals surface area (Å²) in [4.78, 5) is 25.6. The van der Waals surface area contributed by atoms with Crippen LogP contribution >= 0.6 is 11.3 Å². The highest BCUT2D eigenvalue weighted by molar-refractivity contribution is 7.13. The number of hydrogen-bond acceptors (Lipinski definition) is 6. The molecule has 0 bridgehead atoms. The summed E-state index contributed by atoms with van der Waals surface area (Å²) in [6.07, 6.45) is -3.14. The molecular formula is C21H17F3N6OS. The molecule has 0 aliphatic heterocycles. The molecule has 3 aromatic heterocycles. The van der Waals surface area contributed by atoms with Crippen LogP contribution in [0, 0.1) is 20.8 Å². The van der Waals surface area contributed by atoms with Gasteiger partial charge in [-0.3, -0.25) is 9.89 Å². The van der Waals surface area contributed by atoms with Gasteiger partial charge in [0.15, 0.2) is 0 Å². The van der Waals surface area contributed by atoms with E-state index >= 15 is 0 Å². The zero-order chi connectivity index (χ0) is 23.0. The molecule has 4 rings (SSSR count). The van der Waals surface area contributed by atoms with Gasteiger partial charge in [-0.15, -0.1) is 11.3 Å². The summed E-state index contributed by atoms with van der Waals surface area (Å²) < 4.78 is 40.7. The smallest absolute Gasteiger partial charge is 0.319 e. The monoisotopic (exact) mass is 458 g/mol. The van der Waals surface area contributed by atoms with Crippen molar-refractivity contribution in [2.24, 2.45) is 0 Å². The molecule has 0 atom stereocenters. The Hall–Kier alpha value is -3.60. The summed E-state index contributed by atoms with van der Waals surface area (Å²) >= 11 is 1.09. The van der Waals surface area contributed by atoms with Crippen molar-refractivity contribution in [3.05, 3.63) is 64.2 Å². The van der Waals surface area contributed by atoms with Gasteiger partial charge in [0.2, 0.25) is 0 Å². The Morgan fingerprint density at radius 2 is 1.91 bits per heavy atom. The molecule has 0 unspecified atom stereocenters. The van der Waals surface area contributed by atoms with E-state index in [2.05, 4.69) is 30.5 Å². The van der Waals surface area contributed by atoms with Crippen LogP contribution in [0.25, 0.3) is 22.0 Å². The summed E-state index contributed by atoms with van der Waals surface area (Å²) in [6, 6.07) is 4.99. The van der Waals surface area contributed by atoms with Gasteiger partial charge >= 0.3 is 6.18 Å². The van der Waals surface area contributed by atoms with Gasteiger partial charge in [-0.05, 0) is 45.0 Å². The van der Waals surface area contributed by atoms with Crippen molar-refractivity contribution < 1.29 is 18.0 Å². The van der Waals surface area contributed by atoms with Gasteiger partial charge in [-0.1, -0.05) is 0 Å². The second-order valence-electron chi connectivity index (χ2n) is 7.12. The van der Waals surface area contributed by atoms with E-state index in [4.69, 9.17) is 0 Å². The average molecular weight is 458 g/mol. The molecule has 32 heavy (non-hydrogen) atoms. The Morgan fingerprint density at radius 3 is 2.53 bits per heavy atom. The van der Waals surface area contributed by atoms with Crippen molar-refractivity contribution in [1.82, 2.24) is 25.1 Å². The van der Waals surface area contributed by atoms with Crippen LogP contribution in [-0.4, -0.2) is 31.1 Å². The minimum absolute atomic E-state index is 0.0468. The zero-order valence-corrected chi connectivity index (χ0v) is 18.0. The van der Waals surface area contributed by atoms with Crippen LogP contribution in [0.4, 0.5) is 18.9 Å². The fourth-order valence-electron chi connectivity index (χ4n) is 3.08. The number of H-pyrrole nitrogens is 1. The molecule has 1 aromatic carbocycles. The zero-order valence-electron chi connectivity index (χ0n) is 17.2. The molecule has 7 nitrogen and oxygen atoms in total. The number of aryl methyl sites for hydroxylation is 3. The minimum Gasteiger partial charge on any atom is -0.319 e. The molecule has 1 amide bonds. The van der Waals surface area contributed by atoms with Crippen LogP contribution in [0.15, 0.2) is 35.8 Å². The molecule has 0 radical (unpaired) electrons. The van der Waals surface area contributed by atoms with Crippen molar-refractivity contribution >= 4 is 22.9 Å². The maximum absolute atomic E-state index is 13.6. The summed E-state index contributed by atoms with van der Waals surface area (Å²) in [5.74, 6) is -0.121. The van der Waals surface area contributed by atoms with Gasteiger partial charge in [0.05, 0.1) is 17.4 Å². The molecule has 0 spiro atoms. The number of carbonyl (C=O) groups is 1. The molecule has 0 fully saturated rings. The number of alkyl halides is 3. The number of nitrogens with zero attached hydrogens (tertiary/aromatic N) is 4. The molecule has 2 N–H and O–H groups in total. The normalized spacial score (nSPS) is 11.6. The number of aromatic amines is 1. The number of carbonyl (C=O) groups excluding carboxylic acids is 1. The van der Waals surface area contributed by atoms with Gasteiger partial charge < -0.3 is 5.32 Å². The predicted octanol–water partition coefficient (Wildman–Crippen LogP) is 5.19. The van der Waals surface area contributed by atoms with Gasteiger partial charge in [0.1, 0.15) is 22.2 Å². The number of nitrogens with one attached hydrogen (secondary N) is 2. The molecule has 0 aliphatic carbocycles. The fraction of sp³-hybridized carbons (Fsp3) is 0.190. The third kappa shape index (κ3) is 4.37. The third-order valence-electron chi connectivity index (χ3n) is 4.54. The lowest BCUT2D eigenvalue weighted by atomic mass is 10.0. The highest BCUT2D eigenvalue weighted by Crippen LogP contribution is 2.39. The van der Waals surface area contributed by atoms with Crippen LogP contribution in [0.5, 0.6) is 0 Å². The Kier molecular flexibility index (Phi) is 5.51. The Morgan fingerprint density at radius 1 is 1.12 bits per heavy atom. The number of amides is 1. The first-order chi connectivity index (χ1) is 15.1. The Balaban J connectivity index is 1.72. The van der Waals surface area contributed by atoms with E-state index in [1.165, 1.54) is 12.3 Å². The van der Waals surface area contributed by atoms with Crippen LogP contribution in [0.2, 0.25) is 0 Å². The van der Waals surface area contributed by atoms with E-state index in [0.29, 0.717) is 28.6 Å². The number of hydrogen-bond donors (Lipinski definition) is 2. The van der Waals surface area contributed by atoms with Crippen LogP contribution in [0.3, 0.4) is 0 Å². The maximum Gasteiger partial charge on any atom is 0.417 e. The Bertz CT molecular complexity index is 1310. The number of halogens is 3. The second-order valence-corrected chi connectivity index (χ2v) is 7.98. The van der Waals surface area contributed by atoms with Crippen molar-refractivity contribution in [1.29, 1.82) is 0 Å². The third-order valence-corrected chi connectivity index (χ3v) is 5.54. The molecule has 11 heteroatoms. The highest BCUT2D eigenvalue weighted by Gasteiger charge is 2.35. The van der Waals surface area contributed by atoms with Gasteiger partial charge in [0, 0.05) is 27.9 Å². The van der Waals surface area contributed by atoms with Gasteiger partial charge in [-0.2, -0.15) is 18.3 Å². The lowest BCUT2D eigenvalue weighted by Crippen LogP contribution is -2.15. The molecule has 0 aliphatic rings. The van der Waals surface area contributed by atoms with E-state index in [-0.39, 0.29) is 16.1 Å². The highest BCUT2D eigenvalue weighted by atomic mass is 32.1. The lowest BCUT2D eigenvalue weighted by Gasteiger charge is -2.14. The SMILES string of the molecule is Cc1csc(-c2cc(C(=O)Nc3cnc(C)nc3-c3cc(C)[nH]n3)ccc2C(F)(F)F)n1. The molecule has 0 saturated carbocycles. The molecule has 3 heterocycles. The minimum atomic E-state index is -4.58. The summed E-state index contributed by atoms with van der Waals surface area (Å²) in [5.41, 5.74) is 1.65. The lowest BCUT2D eigenvalue weighted by molar-refractivity contribution is -0.137. The first kappa shape index (κ1) is 21.6. The summed E-state index contributed by atoms with van der Waals surface area (Å²) in [7, 11) is 0. The number of aromatic nitrogens is 5. The van der Waals surface area contributed by atoms with Crippen LogP contribution in [-0.2, 0) is 6.18 Å². The van der Waals surface area contributed by atoms with Gasteiger partial charge in [-0.25, -0.2) is 15.0 Å². The largest absolute Gasteiger partial charge is 0.417 e. The Labute approximate surface area is 184 Å². The number of benzene rings is 1. The van der Waals surface area contributed by atoms with E-state index in [0.717, 1.165) is 29.2 Å². The van der Waals surface area contributed by atoms with E-state index in [1.54, 1.807) is 25.3 Å². The quantitative estimate of drug-likeness (QED) is 0.439. The predicted molar refractivity (Wildman–Crippen MR) is 114 cm³/mol. The van der Waals surface area contributed by atoms with Crippen molar-refractivity contribution in [2.45, 2.75) is 26.9 Å². The standard InChI is InChI=1S/C21H17F3N6OS/c1-10-6-16(30-29-10)18-17(8-25-12(3)27-18)28-19(31)13-4-5-15(21(22,23)24)14(7-13)20-26-11(2)9-32-20/h4-9H,1-3H3,(H,28,31)(H,29,30). The molecular weight excluding hydrogens is 441 g/mol. The summed E-state index contributed by atoms with van der Waals surface area (Å²) in [5, 5.41) is 11.5. The number of rotatable bonds is 4. The average Bonchev–Trinajstić information content (AvgIpc) is 3.36. The van der Waals surface area contributed by atoms with Crippen molar-refractivity contribution in [3.8, 4) is 22.0 Å². The van der Waals surface area contributed by atoms with E-state index in [1.807, 2.05) is 6.92 Å². The summed E-state index contributed by atoms with van der Waals surface area (Å²) in [6.45, 7) is 5.22. The van der Waals surface area contributed by atoms with Crippen LogP contribution in [0.1, 0.15) is 33.1 Å². The number of anilines is 1. The van der Waals surface area contributed by atoms with E-state index in [9.17, 15) is 18.0 Å². The molecule has 164 valence electrons. The van der Waals surface area contributed by atoms with Crippen LogP contribution < -0.4 is 5.32 Å². The fourth-order valence-corrected chi connectivity index (χ4v) is 3.91. The molecule has 0 saturated heterocycles. The topological polar surface area (TPSA) is 96.5 Å². The molecule has 4 aromatic rings.